The Morgan fingerprint density at radius 2 is 1.60 bits per heavy atom. The molecule has 2 aromatic rings. The zero-order valence-corrected chi connectivity index (χ0v) is 14.7. The number of hydrogen-bond donors (Lipinski definition) is 1. The van der Waals surface area contributed by atoms with Crippen LogP contribution in [0.2, 0.25) is 0 Å². The minimum Gasteiger partial charge on any atom is -0.370 e. The molecule has 3 heteroatoms. The van der Waals surface area contributed by atoms with Gasteiger partial charge in [0.05, 0.1) is 11.4 Å². The molecule has 2 atom stereocenters. The van der Waals surface area contributed by atoms with Crippen LogP contribution in [0.25, 0.3) is 0 Å². The van der Waals surface area contributed by atoms with Gasteiger partial charge in [-0.25, -0.2) is 0 Å². The first kappa shape index (κ1) is 16.2. The number of para-hydroxylation sites is 2. The summed E-state index contributed by atoms with van der Waals surface area (Å²) in [5.74, 6) is 1.69. The van der Waals surface area contributed by atoms with Gasteiger partial charge in [-0.1, -0.05) is 49.6 Å². The first-order valence-corrected chi connectivity index (χ1v) is 9.51. The smallest absolute Gasteiger partial charge is 0.255 e. The van der Waals surface area contributed by atoms with Gasteiger partial charge in [0.15, 0.2) is 0 Å². The lowest BCUT2D eigenvalue weighted by Gasteiger charge is -2.42. The van der Waals surface area contributed by atoms with Gasteiger partial charge in [-0.2, -0.15) is 0 Å². The summed E-state index contributed by atoms with van der Waals surface area (Å²) in [6.07, 6.45) is 6.84. The number of nitrogens with zero attached hydrogens (tertiary/aromatic N) is 1. The van der Waals surface area contributed by atoms with Crippen LogP contribution in [0.5, 0.6) is 0 Å². The summed E-state index contributed by atoms with van der Waals surface area (Å²) in [6, 6.07) is 17.7. The van der Waals surface area contributed by atoms with Crippen LogP contribution in [0.1, 0.15) is 42.5 Å². The van der Waals surface area contributed by atoms with E-state index in [2.05, 4.69) is 22.3 Å². The molecule has 0 bridgehead atoms. The summed E-state index contributed by atoms with van der Waals surface area (Å²) >= 11 is 0. The molecule has 2 unspecified atom stereocenters. The average molecular weight is 334 g/mol. The predicted molar refractivity (Wildman–Crippen MR) is 103 cm³/mol. The fourth-order valence-electron chi connectivity index (χ4n) is 4.46. The fraction of sp³-hybridized carbons (Fsp3) is 0.409. The third-order valence-electron chi connectivity index (χ3n) is 5.82. The van der Waals surface area contributed by atoms with Crippen LogP contribution in [0, 0.1) is 11.8 Å². The first-order chi connectivity index (χ1) is 12.3. The Morgan fingerprint density at radius 3 is 2.44 bits per heavy atom. The second kappa shape index (κ2) is 7.30. The Morgan fingerprint density at radius 1 is 0.880 bits per heavy atom. The van der Waals surface area contributed by atoms with Crippen LogP contribution in [0.15, 0.2) is 54.6 Å². The van der Waals surface area contributed by atoms with E-state index in [-0.39, 0.29) is 5.91 Å². The van der Waals surface area contributed by atoms with Gasteiger partial charge in [0.2, 0.25) is 0 Å². The maximum atomic E-state index is 12.5. The predicted octanol–water partition coefficient (Wildman–Crippen LogP) is 4.96. The van der Waals surface area contributed by atoms with Crippen molar-refractivity contribution < 1.29 is 4.79 Å². The van der Waals surface area contributed by atoms with Crippen LogP contribution < -0.4 is 10.2 Å². The van der Waals surface area contributed by atoms with E-state index in [0.29, 0.717) is 5.56 Å². The summed E-state index contributed by atoms with van der Waals surface area (Å²) in [7, 11) is 0. The molecule has 1 N–H and O–H groups in total. The highest BCUT2D eigenvalue weighted by atomic mass is 16.1. The van der Waals surface area contributed by atoms with E-state index >= 15 is 0 Å². The van der Waals surface area contributed by atoms with E-state index in [1.165, 1.54) is 32.1 Å². The normalized spacial score (nSPS) is 23.0. The van der Waals surface area contributed by atoms with Crippen molar-refractivity contribution in [3.8, 4) is 0 Å². The number of nitrogens with one attached hydrogen (secondary N) is 1. The number of piperidine rings is 1. The number of anilines is 2. The highest BCUT2D eigenvalue weighted by Gasteiger charge is 2.31. The number of carbonyl (C=O) groups is 1. The Kier molecular flexibility index (Phi) is 4.73. The lowest BCUT2D eigenvalue weighted by Crippen LogP contribution is -2.42. The second-order valence-corrected chi connectivity index (χ2v) is 7.38. The largest absolute Gasteiger partial charge is 0.370 e. The number of hydrogen-bond acceptors (Lipinski definition) is 2. The number of amides is 1. The quantitative estimate of drug-likeness (QED) is 0.861. The molecule has 4 rings (SSSR count). The molecule has 1 heterocycles. The van der Waals surface area contributed by atoms with Gasteiger partial charge in [0.25, 0.3) is 5.91 Å². The summed E-state index contributed by atoms with van der Waals surface area (Å²) in [4.78, 5) is 15.0. The Hall–Kier alpha value is -2.29. The van der Waals surface area contributed by atoms with Crippen molar-refractivity contribution in [1.29, 1.82) is 0 Å². The Bertz CT molecular complexity index is 728. The molecule has 130 valence electrons. The topological polar surface area (TPSA) is 32.3 Å². The molecule has 2 aliphatic rings. The number of rotatable bonds is 3. The molecule has 1 saturated carbocycles. The molecule has 1 aliphatic heterocycles. The van der Waals surface area contributed by atoms with Crippen molar-refractivity contribution in [1.82, 2.24) is 0 Å². The fourth-order valence-corrected chi connectivity index (χ4v) is 4.46. The third-order valence-corrected chi connectivity index (χ3v) is 5.82. The minimum absolute atomic E-state index is 0.0411. The monoisotopic (exact) mass is 334 g/mol. The van der Waals surface area contributed by atoms with Gasteiger partial charge >= 0.3 is 0 Å². The molecule has 1 aliphatic carbocycles. The number of fused-ring (bicyclic) bond motifs is 1. The molecular weight excluding hydrogens is 308 g/mol. The minimum atomic E-state index is -0.0411. The SMILES string of the molecule is O=C(Nc1ccccc1N1CCC2CCCCC2C1)c1ccccc1. The van der Waals surface area contributed by atoms with Crippen LogP contribution in [-0.4, -0.2) is 19.0 Å². The van der Waals surface area contributed by atoms with E-state index in [0.717, 1.165) is 36.3 Å². The third kappa shape index (κ3) is 3.55. The molecule has 3 nitrogen and oxygen atoms in total. The van der Waals surface area contributed by atoms with Crippen LogP contribution in [0.4, 0.5) is 11.4 Å². The molecule has 1 amide bonds. The molecule has 2 aromatic carbocycles. The second-order valence-electron chi connectivity index (χ2n) is 7.38. The summed E-state index contributed by atoms with van der Waals surface area (Å²) < 4.78 is 0. The van der Waals surface area contributed by atoms with Gasteiger partial charge in [-0.05, 0) is 48.9 Å². The van der Waals surface area contributed by atoms with Gasteiger partial charge in [0, 0.05) is 18.7 Å². The van der Waals surface area contributed by atoms with Gasteiger partial charge in [-0.15, -0.1) is 0 Å². The van der Waals surface area contributed by atoms with E-state index in [1.54, 1.807) is 0 Å². The standard InChI is InChI=1S/C22H26N2O/c25-22(18-9-2-1-3-10-18)23-20-12-6-7-13-21(20)24-15-14-17-8-4-5-11-19(17)16-24/h1-3,6-7,9-10,12-13,17,19H,4-5,8,11,14-16H2,(H,23,25). The zero-order chi connectivity index (χ0) is 17.1. The molecule has 0 spiro atoms. The van der Waals surface area contributed by atoms with Crippen molar-refractivity contribution in [2.75, 3.05) is 23.3 Å². The van der Waals surface area contributed by atoms with Crippen molar-refractivity contribution >= 4 is 17.3 Å². The van der Waals surface area contributed by atoms with Crippen LogP contribution in [0.3, 0.4) is 0 Å². The molecule has 2 fully saturated rings. The van der Waals surface area contributed by atoms with E-state index in [4.69, 9.17) is 0 Å². The van der Waals surface area contributed by atoms with Gasteiger partial charge < -0.3 is 10.2 Å². The molecule has 25 heavy (non-hydrogen) atoms. The highest BCUT2D eigenvalue weighted by Crippen LogP contribution is 2.39. The number of carbonyl (C=O) groups excluding carboxylic acids is 1. The van der Waals surface area contributed by atoms with Crippen molar-refractivity contribution in [2.45, 2.75) is 32.1 Å². The zero-order valence-electron chi connectivity index (χ0n) is 14.7. The lowest BCUT2D eigenvalue weighted by atomic mass is 9.75. The van der Waals surface area contributed by atoms with Crippen molar-refractivity contribution in [3.63, 3.8) is 0 Å². The van der Waals surface area contributed by atoms with E-state index in [9.17, 15) is 4.79 Å². The maximum Gasteiger partial charge on any atom is 0.255 e. The summed E-state index contributed by atoms with van der Waals surface area (Å²) in [5.41, 5.74) is 2.78. The molecule has 1 saturated heterocycles. The number of benzene rings is 2. The molecular formula is C22H26N2O. The van der Waals surface area contributed by atoms with Crippen molar-refractivity contribution in [3.05, 3.63) is 60.2 Å². The highest BCUT2D eigenvalue weighted by molar-refractivity contribution is 6.05. The summed E-state index contributed by atoms with van der Waals surface area (Å²) in [5, 5.41) is 3.12. The van der Waals surface area contributed by atoms with E-state index in [1.807, 2.05) is 42.5 Å². The van der Waals surface area contributed by atoms with Crippen LogP contribution >= 0.6 is 0 Å². The average Bonchev–Trinajstić information content (AvgIpc) is 2.69. The van der Waals surface area contributed by atoms with Gasteiger partial charge in [-0.3, -0.25) is 4.79 Å². The Balaban J connectivity index is 1.52. The van der Waals surface area contributed by atoms with Gasteiger partial charge in [0.1, 0.15) is 0 Å². The maximum absolute atomic E-state index is 12.5. The summed E-state index contributed by atoms with van der Waals surface area (Å²) in [6.45, 7) is 2.22. The first-order valence-electron chi connectivity index (χ1n) is 9.51. The molecule has 0 aromatic heterocycles. The van der Waals surface area contributed by atoms with E-state index < -0.39 is 0 Å². The molecule has 0 radical (unpaired) electrons. The van der Waals surface area contributed by atoms with Crippen LogP contribution in [-0.2, 0) is 0 Å². The van der Waals surface area contributed by atoms with Crippen molar-refractivity contribution in [2.24, 2.45) is 11.8 Å². The Labute approximate surface area is 150 Å². The lowest BCUT2D eigenvalue weighted by molar-refractivity contribution is 0.102.